The van der Waals surface area contributed by atoms with Crippen molar-refractivity contribution in [2.24, 2.45) is 7.05 Å². The zero-order valence-corrected chi connectivity index (χ0v) is 26.8. The Bertz CT molecular complexity index is 2190. The predicted octanol–water partition coefficient (Wildman–Crippen LogP) is 4.09. The van der Waals surface area contributed by atoms with Crippen LogP contribution in [0.4, 0.5) is 24.7 Å². The number of halogens is 3. The normalized spacial score (nSPS) is 21.5. The van der Waals surface area contributed by atoms with Crippen LogP contribution in [-0.4, -0.2) is 92.5 Å². The van der Waals surface area contributed by atoms with Crippen molar-refractivity contribution >= 4 is 39.5 Å². The average molecular weight is 690 g/mol. The summed E-state index contributed by atoms with van der Waals surface area (Å²) >= 11 is 0. The lowest BCUT2D eigenvalue weighted by atomic mass is 9.90. The molecule has 13 nitrogen and oxygen atoms in total. The summed E-state index contributed by atoms with van der Waals surface area (Å²) in [6.07, 6.45) is -0.568. The third kappa shape index (κ3) is 5.42. The molecule has 5 aromatic rings. The molecule has 3 aliphatic heterocycles. The van der Waals surface area contributed by atoms with Gasteiger partial charge in [0.2, 0.25) is 5.88 Å². The first-order chi connectivity index (χ1) is 24.1. The fraction of sp³-hybridized carbons (Fsp3) is 0.382. The quantitative estimate of drug-likeness (QED) is 0.257. The number of nitrogens with zero attached hydrogens (tertiary/aromatic N) is 7. The maximum absolute atomic E-state index is 14.9. The molecule has 7 heterocycles. The van der Waals surface area contributed by atoms with E-state index in [2.05, 4.69) is 36.8 Å². The number of rotatable bonds is 6. The van der Waals surface area contributed by atoms with E-state index in [1.807, 2.05) is 13.0 Å². The number of carboxylic acids is 1. The lowest BCUT2D eigenvalue weighted by molar-refractivity contribution is -0.228. The van der Waals surface area contributed by atoms with Crippen LogP contribution in [-0.2, 0) is 21.3 Å². The summed E-state index contributed by atoms with van der Waals surface area (Å²) in [5.74, 6) is 3.36. The highest BCUT2D eigenvalue weighted by molar-refractivity contribution is 6.06. The lowest BCUT2D eigenvalue weighted by Gasteiger charge is -2.53. The molecule has 258 valence electrons. The van der Waals surface area contributed by atoms with Crippen LogP contribution in [0, 0.1) is 17.7 Å². The Morgan fingerprint density at radius 3 is 2.74 bits per heavy atom. The van der Waals surface area contributed by atoms with E-state index in [-0.39, 0.29) is 52.8 Å². The van der Waals surface area contributed by atoms with Gasteiger partial charge >= 0.3 is 5.97 Å². The topological polar surface area (TPSA) is 141 Å². The minimum Gasteiger partial charge on any atom is -0.480 e. The summed E-state index contributed by atoms with van der Waals surface area (Å²) in [4.78, 5) is 28.6. The number of aromatic nitrogens is 5. The van der Waals surface area contributed by atoms with Crippen LogP contribution in [0.2, 0.25) is 0 Å². The Morgan fingerprint density at radius 2 is 2.02 bits per heavy atom. The highest BCUT2D eigenvalue weighted by Crippen LogP contribution is 2.41. The van der Waals surface area contributed by atoms with Crippen molar-refractivity contribution in [2.45, 2.75) is 43.6 Å². The molecule has 3 fully saturated rings. The van der Waals surface area contributed by atoms with E-state index in [9.17, 15) is 23.1 Å². The van der Waals surface area contributed by atoms with E-state index < -0.39 is 41.8 Å². The summed E-state index contributed by atoms with van der Waals surface area (Å²) in [5, 5.41) is 14.5. The van der Waals surface area contributed by atoms with E-state index in [1.165, 1.54) is 17.0 Å². The molecular weight excluding hydrogens is 659 g/mol. The van der Waals surface area contributed by atoms with Crippen molar-refractivity contribution in [3.63, 3.8) is 0 Å². The third-order valence-corrected chi connectivity index (χ3v) is 9.42. The average Bonchev–Trinajstić information content (AvgIpc) is 3.80. The van der Waals surface area contributed by atoms with E-state index in [4.69, 9.17) is 18.6 Å². The first-order valence-corrected chi connectivity index (χ1v) is 15.9. The molecule has 0 amide bonds. The number of carbonyl (C=O) groups is 1. The number of fused-ring (bicyclic) bond motifs is 3. The molecule has 8 rings (SSSR count). The molecule has 3 saturated heterocycles. The second-order valence-electron chi connectivity index (χ2n) is 12.5. The van der Waals surface area contributed by atoms with Crippen LogP contribution >= 0.6 is 0 Å². The van der Waals surface area contributed by atoms with Crippen LogP contribution in [0.15, 0.2) is 47.1 Å². The Kier molecular flexibility index (Phi) is 7.76. The number of ether oxygens (including phenoxy) is 3. The molecule has 4 aromatic heterocycles. The molecule has 3 aliphatic rings. The van der Waals surface area contributed by atoms with Gasteiger partial charge < -0.3 is 33.5 Å². The molecule has 0 aliphatic carbocycles. The summed E-state index contributed by atoms with van der Waals surface area (Å²) in [6, 6.07) is 6.33. The number of hydrogen-bond acceptors (Lipinski definition) is 11. The van der Waals surface area contributed by atoms with Gasteiger partial charge in [-0.2, -0.15) is 5.10 Å². The van der Waals surface area contributed by atoms with E-state index in [0.29, 0.717) is 43.3 Å². The van der Waals surface area contributed by atoms with Crippen molar-refractivity contribution in [2.75, 3.05) is 42.7 Å². The van der Waals surface area contributed by atoms with Gasteiger partial charge in [-0.05, 0) is 37.1 Å². The highest BCUT2D eigenvalue weighted by atomic mass is 19.3. The standard InChI is InChI=1S/C34H30F3N7O6/c1-18-34(16-47-17-34)48-11-10-43(18)23-12-19(6-7-20-8-9-42(2)41-20)14-38-32(23)49-21-13-24(33(45)46)44(15-21)31-28-27(39-30(40-31)29(36)37)26-22(35)4-3-5-25(26)50-28/h3-5,8-9,12,14,18,21,24,29H,10-11,13,15-17H2,1-2H3,(H,45,46)/t18-,21-,24-/m0/s1. The predicted molar refractivity (Wildman–Crippen MR) is 172 cm³/mol. The number of furan rings is 1. The second kappa shape index (κ2) is 12.2. The van der Waals surface area contributed by atoms with Gasteiger partial charge in [0.05, 0.1) is 37.8 Å². The molecule has 50 heavy (non-hydrogen) atoms. The number of aliphatic carboxylic acids is 1. The molecule has 0 saturated carbocycles. The summed E-state index contributed by atoms with van der Waals surface area (Å²) in [7, 11) is 1.80. The smallest absolute Gasteiger partial charge is 0.326 e. The molecule has 1 aromatic carbocycles. The third-order valence-electron chi connectivity index (χ3n) is 9.42. The summed E-state index contributed by atoms with van der Waals surface area (Å²) < 4.78 is 68.6. The number of aryl methyl sites for hydroxylation is 1. The van der Waals surface area contributed by atoms with E-state index >= 15 is 0 Å². The van der Waals surface area contributed by atoms with Crippen LogP contribution in [0.25, 0.3) is 22.1 Å². The molecule has 0 radical (unpaired) electrons. The Morgan fingerprint density at radius 1 is 1.18 bits per heavy atom. The van der Waals surface area contributed by atoms with Crippen LogP contribution in [0.5, 0.6) is 5.88 Å². The van der Waals surface area contributed by atoms with Gasteiger partial charge in [-0.3, -0.25) is 4.68 Å². The molecule has 0 unspecified atom stereocenters. The van der Waals surface area contributed by atoms with Gasteiger partial charge in [-0.15, -0.1) is 0 Å². The zero-order chi connectivity index (χ0) is 34.7. The Labute approximate surface area is 282 Å². The van der Waals surface area contributed by atoms with Crippen molar-refractivity contribution < 1.29 is 41.7 Å². The molecule has 1 N–H and O–H groups in total. The Balaban J connectivity index is 1.16. The number of pyridine rings is 1. The summed E-state index contributed by atoms with van der Waals surface area (Å²) in [6.45, 7) is 3.78. The molecular formula is C34H30F3N7O6. The first-order valence-electron chi connectivity index (χ1n) is 15.9. The second-order valence-corrected chi connectivity index (χ2v) is 12.5. The number of alkyl halides is 2. The van der Waals surface area contributed by atoms with Gasteiger partial charge in [0.15, 0.2) is 17.2 Å². The fourth-order valence-corrected chi connectivity index (χ4v) is 6.78. The van der Waals surface area contributed by atoms with E-state index in [0.717, 1.165) is 6.07 Å². The van der Waals surface area contributed by atoms with E-state index in [1.54, 1.807) is 30.2 Å². The number of morpholine rings is 1. The first kappa shape index (κ1) is 31.8. The largest absolute Gasteiger partial charge is 0.480 e. The SMILES string of the molecule is C[C@@H]1N(c2cc(C#Cc3ccn(C)n3)cnc2O[C@H]2C[C@@H](C(=O)O)N(c3nc(C(F)F)nc4c3oc3cccc(F)c34)C2)CCOC12COC2. The van der Waals surface area contributed by atoms with Gasteiger partial charge in [0.25, 0.3) is 6.43 Å². The number of anilines is 2. The minimum atomic E-state index is -3.11. The van der Waals surface area contributed by atoms with Crippen LogP contribution < -0.4 is 14.5 Å². The minimum absolute atomic E-state index is 0.0434. The lowest BCUT2D eigenvalue weighted by Crippen LogP contribution is -2.68. The maximum Gasteiger partial charge on any atom is 0.326 e. The van der Waals surface area contributed by atoms with Gasteiger partial charge in [-0.25, -0.2) is 32.9 Å². The van der Waals surface area contributed by atoms with Crippen molar-refractivity contribution in [1.29, 1.82) is 0 Å². The monoisotopic (exact) mass is 689 g/mol. The summed E-state index contributed by atoms with van der Waals surface area (Å²) in [5.41, 5.74) is 1.10. The molecule has 1 spiro atoms. The maximum atomic E-state index is 14.9. The fourth-order valence-electron chi connectivity index (χ4n) is 6.78. The highest BCUT2D eigenvalue weighted by Gasteiger charge is 2.50. The van der Waals surface area contributed by atoms with Crippen molar-refractivity contribution in [3.8, 4) is 17.7 Å². The Hall–Kier alpha value is -5.40. The van der Waals surface area contributed by atoms with Crippen molar-refractivity contribution in [3.05, 3.63) is 65.6 Å². The van der Waals surface area contributed by atoms with Gasteiger partial charge in [0, 0.05) is 38.0 Å². The number of hydrogen-bond donors (Lipinski definition) is 1. The molecule has 3 atom stereocenters. The molecule has 0 bridgehead atoms. The van der Waals surface area contributed by atoms with Gasteiger partial charge in [-0.1, -0.05) is 12.0 Å². The van der Waals surface area contributed by atoms with Crippen LogP contribution in [0.3, 0.4) is 0 Å². The van der Waals surface area contributed by atoms with Crippen LogP contribution in [0.1, 0.15) is 36.9 Å². The van der Waals surface area contributed by atoms with Crippen molar-refractivity contribution in [1.82, 2.24) is 24.7 Å². The van der Waals surface area contributed by atoms with Gasteiger partial charge in [0.1, 0.15) is 46.0 Å². The number of benzene rings is 1. The zero-order valence-electron chi connectivity index (χ0n) is 26.8. The molecule has 16 heteroatoms. The number of carboxylic acid groups (broad SMARTS) is 1.